The average molecular weight is 436 g/mol. The second-order valence-corrected chi connectivity index (χ2v) is 7.46. The number of rotatable bonds is 4. The van der Waals surface area contributed by atoms with E-state index in [2.05, 4.69) is 10.6 Å². The van der Waals surface area contributed by atoms with E-state index in [1.165, 1.54) is 0 Å². The molecule has 0 fully saturated rings. The third kappa shape index (κ3) is 3.94. The maximum Gasteiger partial charge on any atom is 0.255 e. The van der Waals surface area contributed by atoms with Crippen LogP contribution in [0.1, 0.15) is 18.5 Å². The normalized spacial score (nSPS) is 16.7. The summed E-state index contributed by atoms with van der Waals surface area (Å²) in [5, 5.41) is 7.50. The van der Waals surface area contributed by atoms with Gasteiger partial charge in [-0.05, 0) is 55.5 Å². The molecule has 146 valence electrons. The summed E-state index contributed by atoms with van der Waals surface area (Å²) >= 11 is 18.2. The monoisotopic (exact) mass is 435 g/mol. The Labute approximate surface area is 179 Å². The van der Waals surface area contributed by atoms with Gasteiger partial charge in [0.1, 0.15) is 5.75 Å². The van der Waals surface area contributed by atoms with Gasteiger partial charge in [0.25, 0.3) is 5.91 Å². The van der Waals surface area contributed by atoms with Crippen LogP contribution < -0.4 is 15.4 Å². The smallest absolute Gasteiger partial charge is 0.255 e. The SMILES string of the molecule is COc1ccc(NC(=O)C2=C(C)N(C)C(=S)NC2c2c(Cl)cccc2Cl)cc1. The highest BCUT2D eigenvalue weighted by molar-refractivity contribution is 7.80. The molecule has 0 aromatic heterocycles. The van der Waals surface area contributed by atoms with E-state index in [-0.39, 0.29) is 5.91 Å². The number of nitrogens with zero attached hydrogens (tertiary/aromatic N) is 1. The van der Waals surface area contributed by atoms with Crippen molar-refractivity contribution in [1.82, 2.24) is 10.2 Å². The van der Waals surface area contributed by atoms with Gasteiger partial charge in [0.05, 0.1) is 18.7 Å². The van der Waals surface area contributed by atoms with Gasteiger partial charge in [-0.3, -0.25) is 4.79 Å². The standard InChI is InChI=1S/C20H19Cl2N3O2S/c1-11-16(19(26)23-12-7-9-13(27-3)10-8-12)18(24-20(28)25(11)2)17-14(21)5-4-6-15(17)22/h4-10,18H,1-3H3,(H,23,26)(H,24,28). The Morgan fingerprint density at radius 3 is 2.36 bits per heavy atom. The second kappa shape index (κ2) is 8.39. The lowest BCUT2D eigenvalue weighted by molar-refractivity contribution is -0.113. The fourth-order valence-corrected chi connectivity index (χ4v) is 3.88. The minimum Gasteiger partial charge on any atom is -0.497 e. The number of halogens is 2. The zero-order valence-corrected chi connectivity index (χ0v) is 17.9. The molecule has 3 rings (SSSR count). The van der Waals surface area contributed by atoms with E-state index < -0.39 is 6.04 Å². The van der Waals surface area contributed by atoms with E-state index in [4.69, 9.17) is 40.2 Å². The van der Waals surface area contributed by atoms with Crippen molar-refractivity contribution in [3.05, 3.63) is 69.3 Å². The third-order valence-electron chi connectivity index (χ3n) is 4.63. The number of carbonyl (C=O) groups is 1. The Balaban J connectivity index is 2.02. The summed E-state index contributed by atoms with van der Waals surface area (Å²) in [5.41, 5.74) is 2.46. The van der Waals surface area contributed by atoms with Gasteiger partial charge in [-0.2, -0.15) is 0 Å². The zero-order valence-electron chi connectivity index (χ0n) is 15.5. The van der Waals surface area contributed by atoms with E-state index in [0.717, 1.165) is 5.70 Å². The molecule has 1 heterocycles. The van der Waals surface area contributed by atoms with Crippen molar-refractivity contribution >= 4 is 52.1 Å². The predicted octanol–water partition coefficient (Wildman–Crippen LogP) is 4.78. The molecular weight excluding hydrogens is 417 g/mol. The Kier molecular flexibility index (Phi) is 6.13. The van der Waals surface area contributed by atoms with Crippen LogP contribution in [0.4, 0.5) is 5.69 Å². The van der Waals surface area contributed by atoms with Gasteiger partial charge in [0.15, 0.2) is 5.11 Å². The van der Waals surface area contributed by atoms with Crippen molar-refractivity contribution in [3.63, 3.8) is 0 Å². The number of ether oxygens (including phenoxy) is 1. The Bertz CT molecular complexity index is 940. The summed E-state index contributed by atoms with van der Waals surface area (Å²) < 4.78 is 5.15. The number of hydrogen-bond donors (Lipinski definition) is 2. The van der Waals surface area contributed by atoms with Crippen LogP contribution in [0.15, 0.2) is 53.7 Å². The van der Waals surface area contributed by atoms with Gasteiger partial charge in [0.2, 0.25) is 0 Å². The van der Waals surface area contributed by atoms with Crippen LogP contribution in [0, 0.1) is 0 Å². The van der Waals surface area contributed by atoms with Crippen LogP contribution in [0.3, 0.4) is 0 Å². The highest BCUT2D eigenvalue weighted by Crippen LogP contribution is 2.38. The van der Waals surface area contributed by atoms with Crippen LogP contribution in [-0.4, -0.2) is 30.1 Å². The van der Waals surface area contributed by atoms with Crippen molar-refractivity contribution in [3.8, 4) is 5.75 Å². The number of nitrogens with one attached hydrogen (secondary N) is 2. The number of benzene rings is 2. The van der Waals surface area contributed by atoms with Crippen molar-refractivity contribution < 1.29 is 9.53 Å². The minimum atomic E-state index is -0.567. The van der Waals surface area contributed by atoms with Gasteiger partial charge >= 0.3 is 0 Å². The number of hydrogen-bond acceptors (Lipinski definition) is 3. The summed E-state index contributed by atoms with van der Waals surface area (Å²) in [6, 6.07) is 11.8. The van der Waals surface area contributed by atoms with Crippen molar-refractivity contribution in [2.24, 2.45) is 0 Å². The lowest BCUT2D eigenvalue weighted by Gasteiger charge is -2.36. The molecule has 1 amide bonds. The number of carbonyl (C=O) groups excluding carboxylic acids is 1. The number of thiocarbonyl (C=S) groups is 1. The predicted molar refractivity (Wildman–Crippen MR) is 117 cm³/mol. The van der Waals surface area contributed by atoms with Crippen LogP contribution in [-0.2, 0) is 4.79 Å². The Hall–Kier alpha value is -2.28. The van der Waals surface area contributed by atoms with E-state index in [9.17, 15) is 4.79 Å². The first-order valence-corrected chi connectivity index (χ1v) is 9.64. The van der Waals surface area contributed by atoms with Crippen molar-refractivity contribution in [2.75, 3.05) is 19.5 Å². The van der Waals surface area contributed by atoms with Crippen LogP contribution in [0.2, 0.25) is 10.0 Å². The molecule has 8 heteroatoms. The first-order chi connectivity index (χ1) is 13.3. The number of methoxy groups -OCH3 is 1. The lowest BCUT2D eigenvalue weighted by Crippen LogP contribution is -2.46. The van der Waals surface area contributed by atoms with Gasteiger partial charge < -0.3 is 20.3 Å². The molecular formula is C20H19Cl2N3O2S. The molecule has 1 unspecified atom stereocenters. The summed E-state index contributed by atoms with van der Waals surface area (Å²) in [5.74, 6) is 0.434. The van der Waals surface area contributed by atoms with E-state index >= 15 is 0 Å². The van der Waals surface area contributed by atoms with Gasteiger partial charge in [-0.25, -0.2) is 0 Å². The summed E-state index contributed by atoms with van der Waals surface area (Å²) in [6.45, 7) is 1.84. The van der Waals surface area contributed by atoms with Crippen molar-refractivity contribution in [2.45, 2.75) is 13.0 Å². The number of allylic oxidation sites excluding steroid dienone is 1. The molecule has 2 aromatic carbocycles. The van der Waals surface area contributed by atoms with Gasteiger partial charge in [-0.1, -0.05) is 29.3 Å². The number of anilines is 1. The zero-order chi connectivity index (χ0) is 20.4. The highest BCUT2D eigenvalue weighted by Gasteiger charge is 2.34. The molecule has 1 aliphatic heterocycles. The minimum absolute atomic E-state index is 0.273. The molecule has 0 spiro atoms. The summed E-state index contributed by atoms with van der Waals surface area (Å²) in [4.78, 5) is 14.9. The molecule has 5 nitrogen and oxygen atoms in total. The van der Waals surface area contributed by atoms with Gasteiger partial charge in [0, 0.05) is 34.0 Å². The van der Waals surface area contributed by atoms with Crippen LogP contribution >= 0.6 is 35.4 Å². The molecule has 0 saturated heterocycles. The Morgan fingerprint density at radius 1 is 1.18 bits per heavy atom. The molecule has 2 N–H and O–H groups in total. The van der Waals surface area contributed by atoms with Gasteiger partial charge in [-0.15, -0.1) is 0 Å². The number of amides is 1. The first-order valence-electron chi connectivity index (χ1n) is 8.47. The van der Waals surface area contributed by atoms with Crippen molar-refractivity contribution in [1.29, 1.82) is 0 Å². The van der Waals surface area contributed by atoms with Crippen LogP contribution in [0.25, 0.3) is 0 Å². The molecule has 0 radical (unpaired) electrons. The lowest BCUT2D eigenvalue weighted by atomic mass is 9.94. The quantitative estimate of drug-likeness (QED) is 0.676. The molecule has 0 bridgehead atoms. The third-order valence-corrected chi connectivity index (χ3v) is 5.69. The fourth-order valence-electron chi connectivity index (χ4n) is 3.01. The van der Waals surface area contributed by atoms with E-state index in [1.807, 2.05) is 6.92 Å². The summed E-state index contributed by atoms with van der Waals surface area (Å²) in [7, 11) is 3.39. The average Bonchev–Trinajstić information content (AvgIpc) is 2.66. The maximum atomic E-state index is 13.2. The molecule has 1 aliphatic rings. The second-order valence-electron chi connectivity index (χ2n) is 6.26. The molecule has 0 aliphatic carbocycles. The maximum absolute atomic E-state index is 13.2. The molecule has 28 heavy (non-hydrogen) atoms. The van der Waals surface area contributed by atoms with E-state index in [0.29, 0.717) is 37.7 Å². The summed E-state index contributed by atoms with van der Waals surface area (Å²) in [6.07, 6.45) is 0. The fraction of sp³-hybridized carbons (Fsp3) is 0.200. The molecule has 1 atom stereocenters. The van der Waals surface area contributed by atoms with Crippen LogP contribution in [0.5, 0.6) is 5.75 Å². The van der Waals surface area contributed by atoms with E-state index in [1.54, 1.807) is 61.5 Å². The molecule has 2 aromatic rings. The topological polar surface area (TPSA) is 53.6 Å². The highest BCUT2D eigenvalue weighted by atomic mass is 35.5. The first kappa shape index (κ1) is 20.5. The molecule has 0 saturated carbocycles. The largest absolute Gasteiger partial charge is 0.497 e. The Morgan fingerprint density at radius 2 is 1.79 bits per heavy atom.